The van der Waals surface area contributed by atoms with E-state index in [9.17, 15) is 13.2 Å². The summed E-state index contributed by atoms with van der Waals surface area (Å²) < 4.78 is 53.0. The van der Waals surface area contributed by atoms with Gasteiger partial charge in [-0.05, 0) is 19.3 Å². The summed E-state index contributed by atoms with van der Waals surface area (Å²) in [6.45, 7) is -3.11. The van der Waals surface area contributed by atoms with Gasteiger partial charge in [0.25, 0.3) is 0 Å². The molecule has 0 saturated heterocycles. The van der Waals surface area contributed by atoms with Crippen LogP contribution in [0.25, 0.3) is 0 Å². The zero-order chi connectivity index (χ0) is 15.4. The highest BCUT2D eigenvalue weighted by molar-refractivity contribution is 5.56. The van der Waals surface area contributed by atoms with Gasteiger partial charge in [-0.2, -0.15) is 8.78 Å². The molecule has 1 aromatic carbocycles. The standard InChI is InChI=1S/C14H18F3NO3/c1-19-8-3-2-4-9(5-8)20-13-7-12(21-14(16)17)10(15)6-11(13)18/h6-9,14H,2-5,18H2,1H3. The Bertz CT molecular complexity index is 485. The summed E-state index contributed by atoms with van der Waals surface area (Å²) in [5.41, 5.74) is 5.72. The van der Waals surface area contributed by atoms with Crippen LogP contribution in [0.4, 0.5) is 18.9 Å². The van der Waals surface area contributed by atoms with Gasteiger partial charge < -0.3 is 19.9 Å². The maximum absolute atomic E-state index is 13.5. The molecule has 0 aromatic heterocycles. The predicted octanol–water partition coefficient (Wildman–Crippen LogP) is 3.35. The van der Waals surface area contributed by atoms with Gasteiger partial charge in [-0.25, -0.2) is 4.39 Å². The summed E-state index contributed by atoms with van der Waals surface area (Å²) in [5.74, 6) is -1.37. The van der Waals surface area contributed by atoms with Gasteiger partial charge in [-0.15, -0.1) is 0 Å². The minimum atomic E-state index is -3.11. The van der Waals surface area contributed by atoms with Crippen molar-refractivity contribution in [2.45, 2.75) is 44.5 Å². The van der Waals surface area contributed by atoms with Gasteiger partial charge in [0, 0.05) is 25.7 Å². The molecule has 1 fully saturated rings. The van der Waals surface area contributed by atoms with E-state index in [-0.39, 0.29) is 23.6 Å². The number of hydrogen-bond donors (Lipinski definition) is 1. The topological polar surface area (TPSA) is 53.7 Å². The van der Waals surface area contributed by atoms with Crippen molar-refractivity contribution in [3.8, 4) is 11.5 Å². The lowest BCUT2D eigenvalue weighted by Crippen LogP contribution is -2.29. The van der Waals surface area contributed by atoms with Crippen LogP contribution in [-0.2, 0) is 4.74 Å². The van der Waals surface area contributed by atoms with E-state index in [2.05, 4.69) is 4.74 Å². The maximum Gasteiger partial charge on any atom is 0.387 e. The first-order valence-corrected chi connectivity index (χ1v) is 6.73. The molecule has 0 aliphatic heterocycles. The van der Waals surface area contributed by atoms with Gasteiger partial charge in [0.1, 0.15) is 11.9 Å². The number of anilines is 1. The number of nitrogen functional groups attached to an aromatic ring is 1. The number of rotatable bonds is 5. The van der Waals surface area contributed by atoms with Crippen molar-refractivity contribution in [3.05, 3.63) is 17.9 Å². The van der Waals surface area contributed by atoms with Crippen molar-refractivity contribution < 1.29 is 27.4 Å². The summed E-state index contributed by atoms with van der Waals surface area (Å²) in [5, 5.41) is 0. The Morgan fingerprint density at radius 1 is 1.19 bits per heavy atom. The summed E-state index contributed by atoms with van der Waals surface area (Å²) in [6.07, 6.45) is 3.33. The van der Waals surface area contributed by atoms with Crippen molar-refractivity contribution in [1.82, 2.24) is 0 Å². The molecule has 0 amide bonds. The number of alkyl halides is 2. The first kappa shape index (κ1) is 15.8. The Hall–Kier alpha value is -1.63. The molecular formula is C14H18F3NO3. The Morgan fingerprint density at radius 3 is 2.57 bits per heavy atom. The Morgan fingerprint density at radius 2 is 1.90 bits per heavy atom. The van der Waals surface area contributed by atoms with E-state index in [1.807, 2.05) is 0 Å². The Balaban J connectivity index is 2.11. The first-order valence-electron chi connectivity index (χ1n) is 6.73. The molecule has 0 bridgehead atoms. The van der Waals surface area contributed by atoms with Gasteiger partial charge in [-0.3, -0.25) is 0 Å². The fourth-order valence-corrected chi connectivity index (χ4v) is 2.44. The quantitative estimate of drug-likeness (QED) is 0.848. The van der Waals surface area contributed by atoms with Crippen LogP contribution >= 0.6 is 0 Å². The fourth-order valence-electron chi connectivity index (χ4n) is 2.44. The van der Waals surface area contributed by atoms with Crippen LogP contribution in [0.5, 0.6) is 11.5 Å². The lowest BCUT2D eigenvalue weighted by atomic mass is 9.95. The summed E-state index contributed by atoms with van der Waals surface area (Å²) in [6, 6.07) is 1.98. The summed E-state index contributed by atoms with van der Waals surface area (Å²) in [4.78, 5) is 0. The summed E-state index contributed by atoms with van der Waals surface area (Å²) in [7, 11) is 1.63. The van der Waals surface area contributed by atoms with Gasteiger partial charge in [0.05, 0.1) is 11.8 Å². The number of nitrogens with two attached hydrogens (primary N) is 1. The number of methoxy groups -OCH3 is 1. The molecule has 0 spiro atoms. The minimum absolute atomic E-state index is 0.0497. The highest BCUT2D eigenvalue weighted by Gasteiger charge is 2.24. The number of benzene rings is 1. The zero-order valence-electron chi connectivity index (χ0n) is 11.7. The van der Waals surface area contributed by atoms with Crippen LogP contribution in [0.1, 0.15) is 25.7 Å². The Labute approximate surface area is 121 Å². The average Bonchev–Trinajstić information content (AvgIpc) is 2.44. The minimum Gasteiger partial charge on any atom is -0.488 e. The van der Waals surface area contributed by atoms with Crippen LogP contribution in [0.2, 0.25) is 0 Å². The third-order valence-corrected chi connectivity index (χ3v) is 3.49. The van der Waals surface area contributed by atoms with Crippen LogP contribution in [-0.4, -0.2) is 25.9 Å². The number of hydrogen-bond acceptors (Lipinski definition) is 4. The van der Waals surface area contributed by atoms with E-state index in [1.54, 1.807) is 7.11 Å². The molecular weight excluding hydrogens is 287 g/mol. The van der Waals surface area contributed by atoms with Crippen molar-refractivity contribution >= 4 is 5.69 Å². The predicted molar refractivity (Wildman–Crippen MR) is 71.1 cm³/mol. The average molecular weight is 305 g/mol. The van der Waals surface area contributed by atoms with Crippen molar-refractivity contribution in [2.24, 2.45) is 0 Å². The van der Waals surface area contributed by atoms with E-state index in [0.29, 0.717) is 6.42 Å². The molecule has 1 aromatic rings. The second-order valence-corrected chi connectivity index (χ2v) is 4.96. The van der Waals surface area contributed by atoms with E-state index < -0.39 is 18.2 Å². The van der Waals surface area contributed by atoms with Crippen LogP contribution in [0, 0.1) is 5.82 Å². The first-order chi connectivity index (χ1) is 9.99. The molecule has 4 nitrogen and oxygen atoms in total. The molecule has 2 atom stereocenters. The molecule has 2 unspecified atom stereocenters. The molecule has 1 aliphatic carbocycles. The third kappa shape index (κ3) is 4.17. The largest absolute Gasteiger partial charge is 0.488 e. The lowest BCUT2D eigenvalue weighted by molar-refractivity contribution is -0.0523. The van der Waals surface area contributed by atoms with E-state index in [0.717, 1.165) is 31.4 Å². The van der Waals surface area contributed by atoms with Crippen molar-refractivity contribution in [1.29, 1.82) is 0 Å². The second kappa shape index (κ2) is 6.89. The second-order valence-electron chi connectivity index (χ2n) is 4.96. The molecule has 118 valence electrons. The number of halogens is 3. The van der Waals surface area contributed by atoms with Crippen molar-refractivity contribution in [3.63, 3.8) is 0 Å². The monoisotopic (exact) mass is 305 g/mol. The van der Waals surface area contributed by atoms with E-state index in [1.165, 1.54) is 0 Å². The SMILES string of the molecule is COC1CCCC(Oc2cc(OC(F)F)c(F)cc2N)C1. The molecule has 2 rings (SSSR count). The number of ether oxygens (including phenoxy) is 3. The van der Waals surface area contributed by atoms with E-state index in [4.69, 9.17) is 15.2 Å². The van der Waals surface area contributed by atoms with Gasteiger partial charge in [-0.1, -0.05) is 0 Å². The fraction of sp³-hybridized carbons (Fsp3) is 0.571. The highest BCUT2D eigenvalue weighted by Crippen LogP contribution is 2.34. The maximum atomic E-state index is 13.5. The zero-order valence-corrected chi connectivity index (χ0v) is 11.7. The highest BCUT2D eigenvalue weighted by atomic mass is 19.3. The van der Waals surface area contributed by atoms with Crippen LogP contribution in [0.15, 0.2) is 12.1 Å². The molecule has 2 N–H and O–H groups in total. The van der Waals surface area contributed by atoms with E-state index >= 15 is 0 Å². The van der Waals surface area contributed by atoms with Crippen LogP contribution in [0.3, 0.4) is 0 Å². The van der Waals surface area contributed by atoms with Gasteiger partial charge in [0.2, 0.25) is 0 Å². The molecule has 0 heterocycles. The summed E-state index contributed by atoms with van der Waals surface area (Å²) >= 11 is 0. The molecule has 21 heavy (non-hydrogen) atoms. The van der Waals surface area contributed by atoms with Gasteiger partial charge >= 0.3 is 6.61 Å². The lowest BCUT2D eigenvalue weighted by Gasteiger charge is -2.29. The van der Waals surface area contributed by atoms with Crippen LogP contribution < -0.4 is 15.2 Å². The molecule has 7 heteroatoms. The van der Waals surface area contributed by atoms with Crippen molar-refractivity contribution in [2.75, 3.05) is 12.8 Å². The third-order valence-electron chi connectivity index (χ3n) is 3.49. The normalized spacial score (nSPS) is 22.3. The molecule has 1 aliphatic rings. The molecule has 1 saturated carbocycles. The Kier molecular flexibility index (Phi) is 5.17. The smallest absolute Gasteiger partial charge is 0.387 e. The van der Waals surface area contributed by atoms with Gasteiger partial charge in [0.15, 0.2) is 11.6 Å². The molecule has 0 radical (unpaired) electrons.